The van der Waals surface area contributed by atoms with Gasteiger partial charge in [-0.15, -0.1) is 0 Å². The van der Waals surface area contributed by atoms with E-state index in [1.807, 2.05) is 18.2 Å². The van der Waals surface area contributed by atoms with Crippen molar-refractivity contribution in [1.29, 1.82) is 0 Å². The molecule has 1 fully saturated rings. The first-order valence-corrected chi connectivity index (χ1v) is 6.01. The highest BCUT2D eigenvalue weighted by Crippen LogP contribution is 2.23. The lowest BCUT2D eigenvalue weighted by Crippen LogP contribution is -2.25. The number of rotatable bonds is 3. The molecule has 1 aliphatic heterocycles. The van der Waals surface area contributed by atoms with Gasteiger partial charge in [0.2, 0.25) is 0 Å². The van der Waals surface area contributed by atoms with Crippen LogP contribution in [-0.4, -0.2) is 24.5 Å². The van der Waals surface area contributed by atoms with Crippen LogP contribution in [0.2, 0.25) is 0 Å². The molecule has 2 rings (SSSR count). The highest BCUT2D eigenvalue weighted by molar-refractivity contribution is 5.55. The van der Waals surface area contributed by atoms with E-state index in [1.54, 1.807) is 0 Å². The van der Waals surface area contributed by atoms with Gasteiger partial charge in [0.25, 0.3) is 0 Å². The van der Waals surface area contributed by atoms with Crippen molar-refractivity contribution in [2.75, 3.05) is 25.1 Å². The van der Waals surface area contributed by atoms with Gasteiger partial charge in [0.1, 0.15) is 0 Å². The van der Waals surface area contributed by atoms with Crippen LogP contribution in [-0.2, 0) is 6.42 Å². The zero-order valence-corrected chi connectivity index (χ0v) is 9.95. The number of anilines is 2. The third kappa shape index (κ3) is 2.47. The molecule has 0 amide bonds. The van der Waals surface area contributed by atoms with E-state index >= 15 is 0 Å². The lowest BCUT2D eigenvalue weighted by molar-refractivity contribution is 0.297. The number of nitrogens with zero attached hydrogens (tertiary/aromatic N) is 1. The number of hydrogen-bond donors (Lipinski definition) is 2. The maximum Gasteiger partial charge on any atom is 0.0348 e. The maximum absolute atomic E-state index is 5.94. The van der Waals surface area contributed by atoms with Gasteiger partial charge in [-0.25, -0.2) is 0 Å². The lowest BCUT2D eigenvalue weighted by atomic mass is 10.0. The van der Waals surface area contributed by atoms with Gasteiger partial charge in [0.05, 0.1) is 0 Å². The molecule has 1 aliphatic rings. The van der Waals surface area contributed by atoms with Crippen LogP contribution in [0, 0.1) is 0 Å². The van der Waals surface area contributed by atoms with Crippen molar-refractivity contribution in [1.82, 2.24) is 4.90 Å². The van der Waals surface area contributed by atoms with E-state index in [1.165, 1.54) is 31.4 Å². The van der Waals surface area contributed by atoms with Crippen molar-refractivity contribution in [2.24, 2.45) is 0 Å². The summed E-state index contributed by atoms with van der Waals surface area (Å²) >= 11 is 0. The Morgan fingerprint density at radius 1 is 1.38 bits per heavy atom. The fraction of sp³-hybridized carbons (Fsp3) is 0.538. The Morgan fingerprint density at radius 2 is 2.19 bits per heavy atom. The first-order valence-electron chi connectivity index (χ1n) is 6.01. The molecule has 4 N–H and O–H groups in total. The van der Waals surface area contributed by atoms with E-state index in [0.29, 0.717) is 0 Å². The van der Waals surface area contributed by atoms with Crippen molar-refractivity contribution < 1.29 is 0 Å². The van der Waals surface area contributed by atoms with Gasteiger partial charge in [0.15, 0.2) is 0 Å². The normalized spacial score (nSPS) is 21.4. The zero-order chi connectivity index (χ0) is 11.5. The van der Waals surface area contributed by atoms with E-state index in [-0.39, 0.29) is 0 Å². The molecule has 1 atom stereocenters. The molecule has 16 heavy (non-hydrogen) atoms. The molecule has 0 saturated carbocycles. The summed E-state index contributed by atoms with van der Waals surface area (Å²) in [5, 5.41) is 0. The van der Waals surface area contributed by atoms with Crippen LogP contribution in [0.15, 0.2) is 18.2 Å². The summed E-state index contributed by atoms with van der Waals surface area (Å²) in [6.07, 6.45) is 4.86. The van der Waals surface area contributed by atoms with Crippen LogP contribution < -0.4 is 11.5 Å². The highest BCUT2D eigenvalue weighted by Gasteiger charge is 2.20. The molecule has 0 aromatic heterocycles. The molecule has 88 valence electrons. The van der Waals surface area contributed by atoms with Gasteiger partial charge in [-0.1, -0.05) is 0 Å². The number of nitrogens with two attached hydrogens (primary N) is 2. The molecule has 3 nitrogen and oxygen atoms in total. The zero-order valence-electron chi connectivity index (χ0n) is 9.95. The minimum absolute atomic E-state index is 0.723. The predicted molar refractivity (Wildman–Crippen MR) is 69.2 cm³/mol. The molecule has 0 radical (unpaired) electrons. The van der Waals surface area contributed by atoms with Crippen molar-refractivity contribution >= 4 is 11.4 Å². The minimum atomic E-state index is 0.723. The summed E-state index contributed by atoms with van der Waals surface area (Å²) in [5.74, 6) is 0. The smallest absolute Gasteiger partial charge is 0.0348 e. The van der Waals surface area contributed by atoms with E-state index in [9.17, 15) is 0 Å². The molecule has 0 spiro atoms. The van der Waals surface area contributed by atoms with E-state index in [0.717, 1.165) is 23.8 Å². The SMILES string of the molecule is CN1CCCC1CCc1cc(N)ccc1N. The Labute approximate surface area is 97.4 Å². The number of hydrogen-bond acceptors (Lipinski definition) is 3. The standard InChI is InChI=1S/C13H21N3/c1-16-8-2-3-12(16)6-4-10-9-11(14)5-7-13(10)15/h5,7,9,12H,2-4,6,8,14-15H2,1H3. The van der Waals surface area contributed by atoms with Gasteiger partial charge >= 0.3 is 0 Å². The second-order valence-corrected chi connectivity index (χ2v) is 4.77. The molecular weight excluding hydrogens is 198 g/mol. The van der Waals surface area contributed by atoms with Gasteiger partial charge in [-0.3, -0.25) is 0 Å². The minimum Gasteiger partial charge on any atom is -0.399 e. The van der Waals surface area contributed by atoms with Crippen molar-refractivity contribution in [3.05, 3.63) is 23.8 Å². The van der Waals surface area contributed by atoms with Crippen molar-refractivity contribution in [2.45, 2.75) is 31.7 Å². The first kappa shape index (κ1) is 11.3. The molecule has 1 unspecified atom stereocenters. The molecule has 3 heteroatoms. The third-order valence-electron chi connectivity index (χ3n) is 3.59. The topological polar surface area (TPSA) is 55.3 Å². The number of likely N-dealkylation sites (tertiary alicyclic amines) is 1. The number of benzene rings is 1. The Morgan fingerprint density at radius 3 is 2.88 bits per heavy atom. The average molecular weight is 219 g/mol. The molecular formula is C13H21N3. The second kappa shape index (κ2) is 4.74. The molecule has 0 aliphatic carbocycles. The van der Waals surface area contributed by atoms with Crippen LogP contribution >= 0.6 is 0 Å². The highest BCUT2D eigenvalue weighted by atomic mass is 15.1. The van der Waals surface area contributed by atoms with Crippen LogP contribution in [0.3, 0.4) is 0 Å². The van der Waals surface area contributed by atoms with Gasteiger partial charge in [-0.05, 0) is 63.0 Å². The summed E-state index contributed by atoms with van der Waals surface area (Å²) in [7, 11) is 2.21. The summed E-state index contributed by atoms with van der Waals surface area (Å²) in [6, 6.07) is 6.49. The number of aryl methyl sites for hydroxylation is 1. The fourth-order valence-corrected chi connectivity index (χ4v) is 2.51. The third-order valence-corrected chi connectivity index (χ3v) is 3.59. The maximum atomic E-state index is 5.94. The Kier molecular flexibility index (Phi) is 3.34. The Balaban J connectivity index is 1.96. The fourth-order valence-electron chi connectivity index (χ4n) is 2.51. The Bertz CT molecular complexity index is 362. The Hall–Kier alpha value is -1.22. The summed E-state index contributed by atoms with van der Waals surface area (Å²) in [6.45, 7) is 1.23. The summed E-state index contributed by atoms with van der Waals surface area (Å²) in [5.41, 5.74) is 14.6. The van der Waals surface area contributed by atoms with Crippen molar-refractivity contribution in [3.8, 4) is 0 Å². The lowest BCUT2D eigenvalue weighted by Gasteiger charge is -2.19. The van der Waals surface area contributed by atoms with E-state index < -0.39 is 0 Å². The molecule has 1 saturated heterocycles. The largest absolute Gasteiger partial charge is 0.399 e. The molecule has 1 aromatic rings. The molecule has 1 heterocycles. The van der Waals surface area contributed by atoms with E-state index in [4.69, 9.17) is 11.5 Å². The summed E-state index contributed by atoms with van der Waals surface area (Å²) in [4.78, 5) is 2.45. The van der Waals surface area contributed by atoms with Gasteiger partial charge in [0, 0.05) is 17.4 Å². The monoisotopic (exact) mass is 219 g/mol. The average Bonchev–Trinajstić information content (AvgIpc) is 2.66. The van der Waals surface area contributed by atoms with Crippen molar-refractivity contribution in [3.63, 3.8) is 0 Å². The van der Waals surface area contributed by atoms with Gasteiger partial charge < -0.3 is 16.4 Å². The van der Waals surface area contributed by atoms with Crippen LogP contribution in [0.1, 0.15) is 24.8 Å². The van der Waals surface area contributed by atoms with Crippen LogP contribution in [0.5, 0.6) is 0 Å². The first-order chi connectivity index (χ1) is 7.66. The second-order valence-electron chi connectivity index (χ2n) is 4.77. The number of nitrogen functional groups attached to an aromatic ring is 2. The van der Waals surface area contributed by atoms with Crippen LogP contribution in [0.4, 0.5) is 11.4 Å². The van der Waals surface area contributed by atoms with Gasteiger partial charge in [-0.2, -0.15) is 0 Å². The molecule has 1 aromatic carbocycles. The predicted octanol–water partition coefficient (Wildman–Crippen LogP) is 1.88. The summed E-state index contributed by atoms with van der Waals surface area (Å²) < 4.78 is 0. The molecule has 0 bridgehead atoms. The quantitative estimate of drug-likeness (QED) is 0.763. The van der Waals surface area contributed by atoms with E-state index in [2.05, 4.69) is 11.9 Å². The van der Waals surface area contributed by atoms with Crippen LogP contribution in [0.25, 0.3) is 0 Å².